The van der Waals surface area contributed by atoms with Crippen molar-refractivity contribution in [3.63, 3.8) is 0 Å². The van der Waals surface area contributed by atoms with E-state index in [1.165, 1.54) is 0 Å². The SMILES string of the molecule is Cl.NC1(c2noc(Cc3csc(-c4ccccc4)n3)n2)CCC1. The lowest BCUT2D eigenvalue weighted by Crippen LogP contribution is -2.44. The van der Waals surface area contributed by atoms with Gasteiger partial charge in [0.25, 0.3) is 0 Å². The Morgan fingerprint density at radius 1 is 1.17 bits per heavy atom. The van der Waals surface area contributed by atoms with Gasteiger partial charge in [0.05, 0.1) is 17.7 Å². The largest absolute Gasteiger partial charge is 0.339 e. The maximum atomic E-state index is 6.21. The molecule has 120 valence electrons. The van der Waals surface area contributed by atoms with Crippen molar-refractivity contribution >= 4 is 23.7 Å². The molecule has 5 nitrogen and oxygen atoms in total. The molecule has 0 spiro atoms. The molecule has 0 bridgehead atoms. The Labute approximate surface area is 144 Å². The summed E-state index contributed by atoms with van der Waals surface area (Å²) in [7, 11) is 0. The summed E-state index contributed by atoms with van der Waals surface area (Å²) in [6.07, 6.45) is 3.54. The fraction of sp³-hybridized carbons (Fsp3) is 0.312. The van der Waals surface area contributed by atoms with Gasteiger partial charge < -0.3 is 10.3 Å². The molecule has 0 atom stereocenters. The van der Waals surface area contributed by atoms with Crippen LogP contribution in [-0.2, 0) is 12.0 Å². The molecule has 2 heterocycles. The van der Waals surface area contributed by atoms with E-state index in [4.69, 9.17) is 10.3 Å². The van der Waals surface area contributed by atoms with E-state index in [9.17, 15) is 0 Å². The molecule has 0 saturated heterocycles. The van der Waals surface area contributed by atoms with E-state index in [1.54, 1.807) is 11.3 Å². The second-order valence-electron chi connectivity index (χ2n) is 5.71. The quantitative estimate of drug-likeness (QED) is 0.780. The summed E-state index contributed by atoms with van der Waals surface area (Å²) in [6, 6.07) is 10.1. The summed E-state index contributed by atoms with van der Waals surface area (Å²) < 4.78 is 5.33. The summed E-state index contributed by atoms with van der Waals surface area (Å²) in [5, 5.41) is 7.08. The monoisotopic (exact) mass is 348 g/mol. The lowest BCUT2D eigenvalue weighted by atomic mass is 9.77. The number of hydrogen-bond acceptors (Lipinski definition) is 6. The highest BCUT2D eigenvalue weighted by Gasteiger charge is 2.38. The minimum absolute atomic E-state index is 0. The number of hydrogen-bond donors (Lipinski definition) is 1. The van der Waals surface area contributed by atoms with E-state index >= 15 is 0 Å². The third-order valence-corrected chi connectivity index (χ3v) is 5.00. The van der Waals surface area contributed by atoms with Crippen LogP contribution in [0.4, 0.5) is 0 Å². The van der Waals surface area contributed by atoms with Crippen molar-refractivity contribution in [3.8, 4) is 10.6 Å². The predicted octanol–water partition coefficient (Wildman–Crippen LogP) is 3.54. The molecule has 3 aromatic rings. The van der Waals surface area contributed by atoms with Crippen molar-refractivity contribution in [1.29, 1.82) is 0 Å². The van der Waals surface area contributed by atoms with Crippen LogP contribution in [0.25, 0.3) is 10.6 Å². The third kappa shape index (κ3) is 3.15. The molecular weight excluding hydrogens is 332 g/mol. The van der Waals surface area contributed by atoms with Gasteiger partial charge in [-0.15, -0.1) is 23.7 Å². The molecular formula is C16H17ClN4OS. The molecule has 0 radical (unpaired) electrons. The van der Waals surface area contributed by atoms with Crippen LogP contribution >= 0.6 is 23.7 Å². The number of benzene rings is 1. The molecule has 1 aliphatic carbocycles. The van der Waals surface area contributed by atoms with Crippen LogP contribution in [0.15, 0.2) is 40.2 Å². The zero-order valence-electron chi connectivity index (χ0n) is 12.4. The average Bonchev–Trinajstić information content (AvgIpc) is 3.16. The maximum absolute atomic E-state index is 6.21. The molecule has 0 aliphatic heterocycles. The van der Waals surface area contributed by atoms with Crippen LogP contribution in [-0.4, -0.2) is 15.1 Å². The van der Waals surface area contributed by atoms with Gasteiger partial charge in [-0.05, 0) is 19.3 Å². The van der Waals surface area contributed by atoms with Crippen LogP contribution in [0.2, 0.25) is 0 Å². The molecule has 2 aromatic heterocycles. The standard InChI is InChI=1S/C16H16N4OS.ClH/c17-16(7-4-8-16)15-19-13(21-20-15)9-12-10-22-14(18-12)11-5-2-1-3-6-11;/h1-3,5-6,10H,4,7-9,17H2;1H. The molecule has 1 saturated carbocycles. The van der Waals surface area contributed by atoms with Gasteiger partial charge in [-0.1, -0.05) is 35.5 Å². The van der Waals surface area contributed by atoms with Gasteiger partial charge in [-0.2, -0.15) is 4.98 Å². The average molecular weight is 349 g/mol. The fourth-order valence-electron chi connectivity index (χ4n) is 2.57. The van der Waals surface area contributed by atoms with E-state index in [-0.39, 0.29) is 17.9 Å². The highest BCUT2D eigenvalue weighted by molar-refractivity contribution is 7.13. The number of aromatic nitrogens is 3. The minimum atomic E-state index is -0.376. The van der Waals surface area contributed by atoms with Gasteiger partial charge in [0.15, 0.2) is 5.82 Å². The molecule has 2 N–H and O–H groups in total. The summed E-state index contributed by atoms with van der Waals surface area (Å²) >= 11 is 1.62. The van der Waals surface area contributed by atoms with E-state index in [0.29, 0.717) is 18.1 Å². The topological polar surface area (TPSA) is 77.8 Å². The Balaban J connectivity index is 0.00000156. The number of rotatable bonds is 4. The number of nitrogens with two attached hydrogens (primary N) is 1. The first-order valence-electron chi connectivity index (χ1n) is 7.35. The second kappa shape index (κ2) is 6.39. The van der Waals surface area contributed by atoms with Crippen LogP contribution < -0.4 is 5.73 Å². The van der Waals surface area contributed by atoms with Gasteiger partial charge in [-0.25, -0.2) is 4.98 Å². The maximum Gasteiger partial charge on any atom is 0.232 e. The van der Waals surface area contributed by atoms with E-state index in [0.717, 1.165) is 35.5 Å². The van der Waals surface area contributed by atoms with Crippen molar-refractivity contribution in [2.45, 2.75) is 31.2 Å². The van der Waals surface area contributed by atoms with Crippen LogP contribution in [0.1, 0.15) is 36.7 Å². The smallest absolute Gasteiger partial charge is 0.232 e. The highest BCUT2D eigenvalue weighted by atomic mass is 35.5. The molecule has 23 heavy (non-hydrogen) atoms. The minimum Gasteiger partial charge on any atom is -0.339 e. The van der Waals surface area contributed by atoms with E-state index in [2.05, 4.69) is 27.3 Å². The fourth-order valence-corrected chi connectivity index (χ4v) is 3.39. The number of nitrogens with zero attached hydrogens (tertiary/aromatic N) is 3. The van der Waals surface area contributed by atoms with Crippen molar-refractivity contribution in [3.05, 3.63) is 53.1 Å². The summed E-state index contributed by atoms with van der Waals surface area (Å²) in [6.45, 7) is 0. The lowest BCUT2D eigenvalue weighted by Gasteiger charge is -2.34. The van der Waals surface area contributed by atoms with Gasteiger partial charge >= 0.3 is 0 Å². The Hall–Kier alpha value is -1.76. The molecule has 1 fully saturated rings. The second-order valence-corrected chi connectivity index (χ2v) is 6.57. The number of thiazole rings is 1. The van der Waals surface area contributed by atoms with Gasteiger partial charge in [0, 0.05) is 10.9 Å². The first-order chi connectivity index (χ1) is 10.7. The Morgan fingerprint density at radius 3 is 2.65 bits per heavy atom. The van der Waals surface area contributed by atoms with E-state index in [1.807, 2.05) is 23.6 Å². The summed E-state index contributed by atoms with van der Waals surface area (Å²) in [4.78, 5) is 9.08. The van der Waals surface area contributed by atoms with Gasteiger partial charge in [0.1, 0.15) is 5.01 Å². The molecule has 0 unspecified atom stereocenters. The summed E-state index contributed by atoms with van der Waals surface area (Å²) in [5.41, 5.74) is 7.91. The number of halogens is 1. The molecule has 7 heteroatoms. The first-order valence-corrected chi connectivity index (χ1v) is 8.23. The Kier molecular flexibility index (Phi) is 4.48. The van der Waals surface area contributed by atoms with Crippen molar-refractivity contribution in [2.24, 2.45) is 5.73 Å². The zero-order valence-corrected chi connectivity index (χ0v) is 14.1. The third-order valence-electron chi connectivity index (χ3n) is 4.06. The predicted molar refractivity (Wildman–Crippen MR) is 91.6 cm³/mol. The summed E-state index contributed by atoms with van der Waals surface area (Å²) in [5.74, 6) is 1.21. The van der Waals surface area contributed by atoms with Crippen molar-refractivity contribution in [2.75, 3.05) is 0 Å². The van der Waals surface area contributed by atoms with Crippen molar-refractivity contribution in [1.82, 2.24) is 15.1 Å². The van der Waals surface area contributed by atoms with Crippen LogP contribution in [0.3, 0.4) is 0 Å². The zero-order chi connectivity index (χ0) is 15.0. The highest BCUT2D eigenvalue weighted by Crippen LogP contribution is 2.37. The normalized spacial score (nSPS) is 15.7. The van der Waals surface area contributed by atoms with Crippen LogP contribution in [0, 0.1) is 0 Å². The molecule has 0 amide bonds. The van der Waals surface area contributed by atoms with Gasteiger partial charge in [-0.3, -0.25) is 0 Å². The van der Waals surface area contributed by atoms with Crippen molar-refractivity contribution < 1.29 is 4.52 Å². The Morgan fingerprint density at radius 2 is 1.96 bits per heavy atom. The molecule has 1 aromatic carbocycles. The van der Waals surface area contributed by atoms with Gasteiger partial charge in [0.2, 0.25) is 5.89 Å². The molecule has 4 rings (SSSR count). The van der Waals surface area contributed by atoms with Crippen LogP contribution in [0.5, 0.6) is 0 Å². The first kappa shape index (κ1) is 16.1. The Bertz CT molecular complexity index is 782. The lowest BCUT2D eigenvalue weighted by molar-refractivity contribution is 0.229. The van der Waals surface area contributed by atoms with E-state index < -0.39 is 0 Å². The molecule has 1 aliphatic rings.